The highest BCUT2D eigenvalue weighted by atomic mass is 79.9. The van der Waals surface area contributed by atoms with Crippen molar-refractivity contribution in [2.45, 2.75) is 0 Å². The van der Waals surface area contributed by atoms with Gasteiger partial charge in [-0.15, -0.1) is 0 Å². The first-order chi connectivity index (χ1) is 13.5. The van der Waals surface area contributed by atoms with Crippen molar-refractivity contribution in [1.82, 2.24) is 0 Å². The molecular formula is C20H24BrFN4O2+2. The summed E-state index contributed by atoms with van der Waals surface area (Å²) in [5.41, 5.74) is 1.25. The van der Waals surface area contributed by atoms with Crippen LogP contribution in [0.4, 0.5) is 15.8 Å². The largest absolute Gasteiger partial charge is 0.321 e. The number of hydrogen-bond donors (Lipinski definition) is 4. The SMILES string of the molecule is O=C(C[NH+]1CC[NH+](CC(=O)Nc2cccc(F)c2)CC1)Nc1ccc(Br)cc1. The number of halogens is 2. The molecule has 0 radical (unpaired) electrons. The number of piperazine rings is 1. The van der Waals surface area contributed by atoms with Gasteiger partial charge in [-0.1, -0.05) is 22.0 Å². The molecule has 0 atom stereocenters. The van der Waals surface area contributed by atoms with E-state index in [4.69, 9.17) is 0 Å². The Balaban J connectivity index is 1.38. The zero-order valence-corrected chi connectivity index (χ0v) is 17.0. The van der Waals surface area contributed by atoms with Gasteiger partial charge in [0.2, 0.25) is 0 Å². The van der Waals surface area contributed by atoms with Gasteiger partial charge in [-0.3, -0.25) is 9.59 Å². The number of rotatable bonds is 6. The van der Waals surface area contributed by atoms with E-state index in [1.165, 1.54) is 21.9 Å². The van der Waals surface area contributed by atoms with Gasteiger partial charge in [-0.05, 0) is 42.5 Å². The van der Waals surface area contributed by atoms with Gasteiger partial charge in [0.15, 0.2) is 13.1 Å². The lowest BCUT2D eigenvalue weighted by molar-refractivity contribution is -1.00. The molecule has 2 aromatic rings. The molecule has 1 fully saturated rings. The van der Waals surface area contributed by atoms with Crippen LogP contribution in [0.5, 0.6) is 0 Å². The predicted molar refractivity (Wildman–Crippen MR) is 109 cm³/mol. The van der Waals surface area contributed by atoms with E-state index in [1.807, 2.05) is 24.3 Å². The minimum atomic E-state index is -0.372. The van der Waals surface area contributed by atoms with E-state index >= 15 is 0 Å². The molecule has 6 nitrogen and oxygen atoms in total. The summed E-state index contributed by atoms with van der Waals surface area (Å²) in [5, 5.41) is 5.64. The minimum absolute atomic E-state index is 0.00961. The Kier molecular flexibility index (Phi) is 7.13. The Hall–Kier alpha value is -2.29. The molecule has 4 N–H and O–H groups in total. The van der Waals surface area contributed by atoms with Gasteiger partial charge in [-0.25, -0.2) is 4.39 Å². The van der Waals surface area contributed by atoms with Crippen LogP contribution in [-0.2, 0) is 9.59 Å². The number of hydrogen-bond acceptors (Lipinski definition) is 2. The standard InChI is InChI=1S/C20H22BrFN4O2/c21-15-4-6-17(7-5-15)23-19(27)13-25-8-10-26(11-9-25)14-20(28)24-18-3-1-2-16(22)12-18/h1-7,12H,8-11,13-14H2,(H,23,27)(H,24,28)/p+2. The van der Waals surface area contributed by atoms with Crippen LogP contribution in [0.15, 0.2) is 53.0 Å². The molecule has 28 heavy (non-hydrogen) atoms. The molecule has 0 unspecified atom stereocenters. The molecule has 2 amide bonds. The number of benzene rings is 2. The van der Waals surface area contributed by atoms with Crippen molar-refractivity contribution in [3.63, 3.8) is 0 Å². The molecule has 3 rings (SSSR count). The van der Waals surface area contributed by atoms with Gasteiger partial charge < -0.3 is 20.4 Å². The molecule has 0 aromatic heterocycles. The van der Waals surface area contributed by atoms with E-state index in [0.29, 0.717) is 18.8 Å². The van der Waals surface area contributed by atoms with Gasteiger partial charge in [0.05, 0.1) is 0 Å². The van der Waals surface area contributed by atoms with E-state index in [-0.39, 0.29) is 17.6 Å². The molecule has 8 heteroatoms. The van der Waals surface area contributed by atoms with Gasteiger partial charge in [0, 0.05) is 15.8 Å². The zero-order valence-electron chi connectivity index (χ0n) is 15.4. The lowest BCUT2D eigenvalue weighted by atomic mass is 10.2. The summed E-state index contributed by atoms with van der Waals surface area (Å²) in [5.74, 6) is -0.509. The van der Waals surface area contributed by atoms with Gasteiger partial charge in [-0.2, -0.15) is 0 Å². The molecule has 0 aliphatic carbocycles. The van der Waals surface area contributed by atoms with Crippen LogP contribution >= 0.6 is 15.9 Å². The summed E-state index contributed by atoms with van der Waals surface area (Å²) in [6.45, 7) is 4.05. The predicted octanol–water partition coefficient (Wildman–Crippen LogP) is -0.0512. The average molecular weight is 451 g/mol. The van der Waals surface area contributed by atoms with Crippen molar-refractivity contribution in [2.24, 2.45) is 0 Å². The molecule has 0 bridgehead atoms. The molecule has 1 heterocycles. The Morgan fingerprint density at radius 2 is 1.39 bits per heavy atom. The maximum atomic E-state index is 13.2. The molecule has 148 valence electrons. The van der Waals surface area contributed by atoms with Crippen LogP contribution in [0, 0.1) is 5.82 Å². The second-order valence-corrected chi connectivity index (χ2v) is 7.88. The minimum Gasteiger partial charge on any atom is -0.321 e. The summed E-state index contributed by atoms with van der Waals surface area (Å²) in [6.07, 6.45) is 0. The summed E-state index contributed by atoms with van der Waals surface area (Å²) >= 11 is 3.37. The van der Waals surface area contributed by atoms with E-state index in [1.54, 1.807) is 12.1 Å². The smallest absolute Gasteiger partial charge is 0.279 e. The van der Waals surface area contributed by atoms with Crippen molar-refractivity contribution in [1.29, 1.82) is 0 Å². The number of carbonyl (C=O) groups is 2. The van der Waals surface area contributed by atoms with Gasteiger partial charge >= 0.3 is 0 Å². The molecule has 1 saturated heterocycles. The lowest BCUT2D eigenvalue weighted by Gasteiger charge is -2.28. The molecule has 1 aliphatic heterocycles. The number of quaternary nitrogens is 2. The van der Waals surface area contributed by atoms with Crippen LogP contribution in [0.2, 0.25) is 0 Å². The van der Waals surface area contributed by atoms with Crippen molar-refractivity contribution in [2.75, 3.05) is 49.9 Å². The van der Waals surface area contributed by atoms with Gasteiger partial charge in [0.1, 0.15) is 32.0 Å². The third-order valence-corrected chi connectivity index (χ3v) is 5.25. The van der Waals surface area contributed by atoms with E-state index in [2.05, 4.69) is 26.6 Å². The zero-order chi connectivity index (χ0) is 19.9. The normalized spacial score (nSPS) is 19.1. The summed E-state index contributed by atoms with van der Waals surface area (Å²) < 4.78 is 14.2. The van der Waals surface area contributed by atoms with Crippen LogP contribution in [0.25, 0.3) is 0 Å². The van der Waals surface area contributed by atoms with Crippen LogP contribution in [0.1, 0.15) is 0 Å². The second-order valence-electron chi connectivity index (χ2n) is 6.97. The van der Waals surface area contributed by atoms with Crippen molar-refractivity contribution < 1.29 is 23.8 Å². The number of amides is 2. The van der Waals surface area contributed by atoms with Gasteiger partial charge in [0.25, 0.3) is 11.8 Å². The molecule has 2 aromatic carbocycles. The Morgan fingerprint density at radius 1 is 0.857 bits per heavy atom. The highest BCUT2D eigenvalue weighted by Crippen LogP contribution is 2.13. The average Bonchev–Trinajstić information content (AvgIpc) is 2.65. The maximum Gasteiger partial charge on any atom is 0.279 e. The Labute approximate surface area is 171 Å². The fourth-order valence-electron chi connectivity index (χ4n) is 3.27. The maximum absolute atomic E-state index is 13.2. The van der Waals surface area contributed by atoms with Crippen molar-refractivity contribution in [3.8, 4) is 0 Å². The highest BCUT2D eigenvalue weighted by Gasteiger charge is 2.26. The summed E-state index contributed by atoms with van der Waals surface area (Å²) in [6, 6.07) is 13.4. The number of anilines is 2. The molecule has 0 spiro atoms. The van der Waals surface area contributed by atoms with E-state index in [0.717, 1.165) is 36.3 Å². The molecule has 0 saturated carbocycles. The first kappa shape index (κ1) is 20.4. The van der Waals surface area contributed by atoms with Crippen LogP contribution in [-0.4, -0.2) is 51.1 Å². The second kappa shape index (κ2) is 9.77. The summed E-state index contributed by atoms with van der Waals surface area (Å²) in [4.78, 5) is 26.7. The monoisotopic (exact) mass is 450 g/mol. The third kappa shape index (κ3) is 6.40. The highest BCUT2D eigenvalue weighted by molar-refractivity contribution is 9.10. The molecule has 1 aliphatic rings. The van der Waals surface area contributed by atoms with Crippen LogP contribution < -0.4 is 20.4 Å². The lowest BCUT2D eigenvalue weighted by Crippen LogP contribution is -3.28. The molecular weight excluding hydrogens is 427 g/mol. The Morgan fingerprint density at radius 3 is 1.93 bits per heavy atom. The quantitative estimate of drug-likeness (QED) is 0.498. The first-order valence-corrected chi connectivity index (χ1v) is 10.1. The van der Waals surface area contributed by atoms with E-state index < -0.39 is 0 Å². The first-order valence-electron chi connectivity index (χ1n) is 9.26. The fraction of sp³-hybridized carbons (Fsp3) is 0.300. The van der Waals surface area contributed by atoms with Crippen LogP contribution in [0.3, 0.4) is 0 Å². The number of nitrogens with one attached hydrogen (secondary N) is 4. The summed E-state index contributed by atoms with van der Waals surface area (Å²) in [7, 11) is 0. The fourth-order valence-corrected chi connectivity index (χ4v) is 3.54. The third-order valence-electron chi connectivity index (χ3n) is 4.72. The topological polar surface area (TPSA) is 67.1 Å². The Bertz CT molecular complexity index is 823. The number of carbonyl (C=O) groups excluding carboxylic acids is 2. The van der Waals surface area contributed by atoms with E-state index in [9.17, 15) is 14.0 Å². The van der Waals surface area contributed by atoms with Crippen molar-refractivity contribution in [3.05, 3.63) is 58.8 Å². The van der Waals surface area contributed by atoms with Crippen molar-refractivity contribution >= 4 is 39.1 Å².